The van der Waals surface area contributed by atoms with Gasteiger partial charge in [0.2, 0.25) is 0 Å². The van der Waals surface area contributed by atoms with Gasteiger partial charge >= 0.3 is 0 Å². The first-order chi connectivity index (χ1) is 10.6. The highest BCUT2D eigenvalue weighted by Gasteiger charge is 2.10. The number of benzene rings is 2. The molecule has 2 aromatic carbocycles. The first-order valence-electron chi connectivity index (χ1n) is 6.60. The molecule has 0 aliphatic carbocycles. The van der Waals surface area contributed by atoms with Gasteiger partial charge in [0, 0.05) is 10.5 Å². The van der Waals surface area contributed by atoms with Crippen molar-refractivity contribution >= 4 is 21.8 Å². The smallest absolute Gasteiger partial charge is 0.252 e. The highest BCUT2D eigenvalue weighted by Crippen LogP contribution is 2.22. The standard InChI is InChI=1S/C16H15BrFNO3/c1-21-12-5-6-15(17)14(10-12)16(20)19-7-8-22-13-4-2-3-11(18)9-13/h2-6,9-10H,7-8H2,1H3,(H,19,20). The van der Waals surface area contributed by atoms with Gasteiger partial charge in [-0.3, -0.25) is 4.79 Å². The molecule has 6 heteroatoms. The second-order valence-corrected chi connectivity index (χ2v) is 5.26. The summed E-state index contributed by atoms with van der Waals surface area (Å²) in [6.45, 7) is 0.551. The van der Waals surface area contributed by atoms with Crippen molar-refractivity contribution in [2.45, 2.75) is 0 Å². The van der Waals surface area contributed by atoms with Gasteiger partial charge in [-0.15, -0.1) is 0 Å². The van der Waals surface area contributed by atoms with Crippen molar-refractivity contribution in [3.63, 3.8) is 0 Å². The molecule has 2 aromatic rings. The van der Waals surface area contributed by atoms with E-state index in [1.807, 2.05) is 0 Å². The number of rotatable bonds is 6. The Morgan fingerprint density at radius 3 is 2.77 bits per heavy atom. The first kappa shape index (κ1) is 16.3. The Balaban J connectivity index is 1.85. The van der Waals surface area contributed by atoms with Crippen LogP contribution < -0.4 is 14.8 Å². The molecule has 1 amide bonds. The summed E-state index contributed by atoms with van der Waals surface area (Å²) in [6, 6.07) is 11.0. The lowest BCUT2D eigenvalue weighted by Gasteiger charge is -2.10. The second-order valence-electron chi connectivity index (χ2n) is 4.41. The van der Waals surface area contributed by atoms with Gasteiger partial charge in [0.15, 0.2) is 0 Å². The lowest BCUT2D eigenvalue weighted by molar-refractivity contribution is 0.0946. The summed E-state index contributed by atoms with van der Waals surface area (Å²) >= 11 is 3.32. The Labute approximate surface area is 136 Å². The Kier molecular flexibility index (Phi) is 5.77. The summed E-state index contributed by atoms with van der Waals surface area (Å²) in [5.74, 6) is 0.427. The molecule has 0 radical (unpaired) electrons. The molecule has 0 unspecified atom stereocenters. The number of halogens is 2. The lowest BCUT2D eigenvalue weighted by atomic mass is 10.2. The minimum Gasteiger partial charge on any atom is -0.497 e. The van der Waals surface area contributed by atoms with E-state index in [0.717, 1.165) is 0 Å². The van der Waals surface area contributed by atoms with Crippen molar-refractivity contribution in [1.29, 1.82) is 0 Å². The van der Waals surface area contributed by atoms with Gasteiger partial charge < -0.3 is 14.8 Å². The van der Waals surface area contributed by atoms with E-state index >= 15 is 0 Å². The van der Waals surface area contributed by atoms with Crippen LogP contribution in [0.15, 0.2) is 46.9 Å². The third-order valence-electron chi connectivity index (χ3n) is 2.87. The normalized spacial score (nSPS) is 10.1. The molecule has 0 aliphatic heterocycles. The molecule has 0 bridgehead atoms. The van der Waals surface area contributed by atoms with E-state index in [4.69, 9.17) is 9.47 Å². The molecule has 0 aliphatic rings. The Morgan fingerprint density at radius 2 is 2.05 bits per heavy atom. The Morgan fingerprint density at radius 1 is 1.23 bits per heavy atom. The van der Waals surface area contributed by atoms with Gasteiger partial charge in [0.05, 0.1) is 19.2 Å². The topological polar surface area (TPSA) is 47.6 Å². The van der Waals surface area contributed by atoms with Crippen molar-refractivity contribution in [2.24, 2.45) is 0 Å². The van der Waals surface area contributed by atoms with Crippen LogP contribution in [0.2, 0.25) is 0 Å². The highest BCUT2D eigenvalue weighted by molar-refractivity contribution is 9.10. The molecule has 2 rings (SSSR count). The van der Waals surface area contributed by atoms with E-state index in [-0.39, 0.29) is 18.3 Å². The van der Waals surface area contributed by atoms with E-state index in [2.05, 4.69) is 21.2 Å². The minimum absolute atomic E-state index is 0.242. The average molecular weight is 368 g/mol. The number of methoxy groups -OCH3 is 1. The van der Waals surface area contributed by atoms with Crippen LogP contribution >= 0.6 is 15.9 Å². The summed E-state index contributed by atoms with van der Waals surface area (Å²) in [6.07, 6.45) is 0. The lowest BCUT2D eigenvalue weighted by Crippen LogP contribution is -2.28. The van der Waals surface area contributed by atoms with E-state index in [9.17, 15) is 9.18 Å². The molecule has 0 atom stereocenters. The van der Waals surface area contributed by atoms with E-state index in [1.54, 1.807) is 30.3 Å². The zero-order valence-corrected chi connectivity index (χ0v) is 13.5. The number of carbonyl (C=O) groups is 1. The molecule has 0 saturated carbocycles. The van der Waals surface area contributed by atoms with E-state index in [1.165, 1.54) is 19.2 Å². The van der Waals surface area contributed by atoms with Crippen molar-refractivity contribution in [3.8, 4) is 11.5 Å². The van der Waals surface area contributed by atoms with Crippen LogP contribution in [0.4, 0.5) is 4.39 Å². The van der Waals surface area contributed by atoms with E-state index in [0.29, 0.717) is 28.1 Å². The Hall–Kier alpha value is -2.08. The summed E-state index contributed by atoms with van der Waals surface area (Å²) in [7, 11) is 1.54. The van der Waals surface area contributed by atoms with Crippen LogP contribution in [0.1, 0.15) is 10.4 Å². The van der Waals surface area contributed by atoms with E-state index < -0.39 is 0 Å². The molecular weight excluding hydrogens is 353 g/mol. The maximum absolute atomic E-state index is 13.0. The number of hydrogen-bond donors (Lipinski definition) is 1. The van der Waals surface area contributed by atoms with Crippen LogP contribution in [0.25, 0.3) is 0 Å². The van der Waals surface area contributed by atoms with Crippen molar-refractivity contribution < 1.29 is 18.7 Å². The molecule has 0 spiro atoms. The quantitative estimate of drug-likeness (QED) is 0.795. The number of nitrogens with one attached hydrogen (secondary N) is 1. The van der Waals surface area contributed by atoms with Crippen LogP contribution in [0.3, 0.4) is 0 Å². The van der Waals surface area contributed by atoms with Crippen molar-refractivity contribution in [2.75, 3.05) is 20.3 Å². The first-order valence-corrected chi connectivity index (χ1v) is 7.39. The van der Waals surface area contributed by atoms with Gasteiger partial charge in [0.25, 0.3) is 5.91 Å². The summed E-state index contributed by atoms with van der Waals surface area (Å²) in [5.41, 5.74) is 0.477. The minimum atomic E-state index is -0.359. The van der Waals surface area contributed by atoms with Crippen molar-refractivity contribution in [1.82, 2.24) is 5.32 Å². The average Bonchev–Trinajstić information content (AvgIpc) is 2.52. The predicted molar refractivity (Wildman–Crippen MR) is 84.9 cm³/mol. The SMILES string of the molecule is COc1ccc(Br)c(C(=O)NCCOc2cccc(F)c2)c1. The molecule has 0 aromatic heterocycles. The predicted octanol–water partition coefficient (Wildman–Crippen LogP) is 3.41. The Bertz CT molecular complexity index is 664. The molecule has 4 nitrogen and oxygen atoms in total. The summed E-state index contributed by atoms with van der Waals surface area (Å²) in [4.78, 5) is 12.1. The number of hydrogen-bond acceptors (Lipinski definition) is 3. The monoisotopic (exact) mass is 367 g/mol. The fraction of sp³-hybridized carbons (Fsp3) is 0.188. The molecule has 0 saturated heterocycles. The maximum Gasteiger partial charge on any atom is 0.252 e. The zero-order chi connectivity index (χ0) is 15.9. The van der Waals surface area contributed by atoms with Gasteiger partial charge in [-0.05, 0) is 46.3 Å². The molecule has 1 N–H and O–H groups in total. The number of amides is 1. The highest BCUT2D eigenvalue weighted by atomic mass is 79.9. The van der Waals surface area contributed by atoms with Gasteiger partial charge in [-0.2, -0.15) is 0 Å². The molecule has 0 fully saturated rings. The molecule has 22 heavy (non-hydrogen) atoms. The second kappa shape index (κ2) is 7.79. The number of carbonyl (C=O) groups excluding carboxylic acids is 1. The summed E-state index contributed by atoms with van der Waals surface area (Å²) in [5, 5.41) is 2.73. The third kappa shape index (κ3) is 4.46. The van der Waals surface area contributed by atoms with Crippen LogP contribution in [-0.2, 0) is 0 Å². The van der Waals surface area contributed by atoms with Crippen LogP contribution in [0, 0.1) is 5.82 Å². The number of ether oxygens (including phenoxy) is 2. The fourth-order valence-corrected chi connectivity index (χ4v) is 2.22. The molecule has 116 valence electrons. The summed E-state index contributed by atoms with van der Waals surface area (Å²) < 4.78 is 24.1. The zero-order valence-electron chi connectivity index (χ0n) is 11.9. The maximum atomic E-state index is 13.0. The van der Waals surface area contributed by atoms with Crippen LogP contribution in [0.5, 0.6) is 11.5 Å². The molecular formula is C16H15BrFNO3. The van der Waals surface area contributed by atoms with Gasteiger partial charge in [-0.1, -0.05) is 6.07 Å². The molecule has 0 heterocycles. The van der Waals surface area contributed by atoms with Crippen molar-refractivity contribution in [3.05, 3.63) is 58.3 Å². The van der Waals surface area contributed by atoms with Crippen LogP contribution in [-0.4, -0.2) is 26.2 Å². The fourth-order valence-electron chi connectivity index (χ4n) is 1.79. The van der Waals surface area contributed by atoms with Gasteiger partial charge in [0.1, 0.15) is 23.9 Å². The third-order valence-corrected chi connectivity index (χ3v) is 3.56. The van der Waals surface area contributed by atoms with Gasteiger partial charge in [-0.25, -0.2) is 4.39 Å². The largest absolute Gasteiger partial charge is 0.497 e.